The molecule has 1 rings (SSSR count). The van der Waals surface area contributed by atoms with Gasteiger partial charge in [-0.2, -0.15) is 0 Å². The van der Waals surface area contributed by atoms with Crippen molar-refractivity contribution >= 4 is 11.9 Å². The summed E-state index contributed by atoms with van der Waals surface area (Å²) >= 11 is 0. The molecule has 0 aliphatic heterocycles. The summed E-state index contributed by atoms with van der Waals surface area (Å²) in [6, 6.07) is -0.931. The van der Waals surface area contributed by atoms with E-state index in [9.17, 15) is 9.59 Å². The first-order valence-corrected chi connectivity index (χ1v) is 5.41. The van der Waals surface area contributed by atoms with Crippen molar-refractivity contribution in [2.24, 2.45) is 5.92 Å². The largest absolute Gasteiger partial charge is 0.480 e. The number of aryl methyl sites for hydroxylation is 1. The number of hydrogen-bond acceptors (Lipinski definition) is 4. The fourth-order valence-corrected chi connectivity index (χ4v) is 1.35. The van der Waals surface area contributed by atoms with Gasteiger partial charge in [0.15, 0.2) is 0 Å². The van der Waals surface area contributed by atoms with E-state index in [4.69, 9.17) is 9.52 Å². The van der Waals surface area contributed by atoms with Crippen LogP contribution in [0.3, 0.4) is 0 Å². The molecule has 6 nitrogen and oxygen atoms in total. The van der Waals surface area contributed by atoms with Crippen LogP contribution in [0.15, 0.2) is 10.6 Å². The van der Waals surface area contributed by atoms with E-state index >= 15 is 0 Å². The zero-order valence-corrected chi connectivity index (χ0v) is 10.1. The van der Waals surface area contributed by atoms with Crippen molar-refractivity contribution in [1.82, 2.24) is 10.3 Å². The molecule has 1 heterocycles. The van der Waals surface area contributed by atoms with Crippen molar-refractivity contribution in [2.45, 2.75) is 33.2 Å². The first-order chi connectivity index (χ1) is 7.95. The number of carbonyl (C=O) groups is 2. The average molecular weight is 240 g/mol. The number of amides is 1. The van der Waals surface area contributed by atoms with Crippen molar-refractivity contribution < 1.29 is 19.1 Å². The van der Waals surface area contributed by atoms with Crippen LogP contribution in [0.25, 0.3) is 0 Å². The molecule has 0 aromatic carbocycles. The fourth-order valence-electron chi connectivity index (χ4n) is 1.35. The summed E-state index contributed by atoms with van der Waals surface area (Å²) in [5, 5.41) is 11.4. The zero-order chi connectivity index (χ0) is 13.0. The van der Waals surface area contributed by atoms with E-state index in [2.05, 4.69) is 10.3 Å². The Labute approximate surface area is 99.0 Å². The second-order valence-corrected chi connectivity index (χ2v) is 3.95. The molecule has 6 heteroatoms. The summed E-state index contributed by atoms with van der Waals surface area (Å²) in [6.45, 7) is 5.29. The maximum absolute atomic E-state index is 11.7. The summed E-state index contributed by atoms with van der Waals surface area (Å²) in [4.78, 5) is 26.4. The van der Waals surface area contributed by atoms with Gasteiger partial charge in [-0.1, -0.05) is 20.3 Å². The molecule has 17 heavy (non-hydrogen) atoms. The summed E-state index contributed by atoms with van der Waals surface area (Å²) in [5.74, 6) is -1.43. The summed E-state index contributed by atoms with van der Waals surface area (Å²) < 4.78 is 5.02. The Morgan fingerprint density at radius 1 is 1.59 bits per heavy atom. The van der Waals surface area contributed by atoms with Crippen molar-refractivity contribution in [1.29, 1.82) is 0 Å². The van der Waals surface area contributed by atoms with Gasteiger partial charge in [0, 0.05) is 0 Å². The Balaban J connectivity index is 2.74. The molecule has 1 amide bonds. The maximum Gasteiger partial charge on any atom is 0.326 e. The summed E-state index contributed by atoms with van der Waals surface area (Å²) in [6.07, 6.45) is 2.07. The number of aromatic nitrogens is 1. The lowest BCUT2D eigenvalue weighted by Gasteiger charge is -2.19. The Morgan fingerprint density at radius 3 is 2.65 bits per heavy atom. The van der Waals surface area contributed by atoms with Gasteiger partial charge in [-0.15, -0.1) is 0 Å². The second kappa shape index (κ2) is 5.47. The lowest BCUT2D eigenvalue weighted by atomic mass is 9.99. The number of hydrogen-bond donors (Lipinski definition) is 2. The Hall–Kier alpha value is -1.85. The highest BCUT2D eigenvalue weighted by Crippen LogP contribution is 2.09. The van der Waals surface area contributed by atoms with Gasteiger partial charge in [-0.3, -0.25) is 4.79 Å². The quantitative estimate of drug-likeness (QED) is 0.807. The first-order valence-electron chi connectivity index (χ1n) is 5.41. The minimum atomic E-state index is -1.06. The zero-order valence-electron chi connectivity index (χ0n) is 10.1. The molecular weight excluding hydrogens is 224 g/mol. The lowest BCUT2D eigenvalue weighted by Crippen LogP contribution is -2.45. The van der Waals surface area contributed by atoms with E-state index in [-0.39, 0.29) is 11.8 Å². The van der Waals surface area contributed by atoms with Crippen LogP contribution in [-0.4, -0.2) is 28.0 Å². The predicted octanol–water partition coefficient (Wildman–Crippen LogP) is 1.21. The second-order valence-electron chi connectivity index (χ2n) is 3.95. The molecule has 0 radical (unpaired) electrons. The Bertz CT molecular complexity index is 413. The van der Waals surface area contributed by atoms with Crippen LogP contribution in [0.5, 0.6) is 0 Å². The number of aliphatic carboxylic acids is 1. The first kappa shape index (κ1) is 13.2. The van der Waals surface area contributed by atoms with Gasteiger partial charge < -0.3 is 14.8 Å². The number of nitrogens with one attached hydrogen (secondary N) is 1. The molecular formula is C11H16N2O4. The van der Waals surface area contributed by atoms with Crippen LogP contribution in [0.2, 0.25) is 0 Å². The highest BCUT2D eigenvalue weighted by atomic mass is 16.4. The van der Waals surface area contributed by atoms with Crippen LogP contribution in [0, 0.1) is 12.8 Å². The van der Waals surface area contributed by atoms with Crippen LogP contribution in [-0.2, 0) is 4.79 Å². The highest BCUT2D eigenvalue weighted by Gasteiger charge is 2.27. The van der Waals surface area contributed by atoms with Gasteiger partial charge in [-0.25, -0.2) is 9.78 Å². The van der Waals surface area contributed by atoms with Crippen LogP contribution < -0.4 is 5.32 Å². The minimum absolute atomic E-state index is 0.114. The number of carboxylic acids is 1. The Morgan fingerprint density at radius 2 is 2.24 bits per heavy atom. The third-order valence-corrected chi connectivity index (χ3v) is 2.58. The summed E-state index contributed by atoms with van der Waals surface area (Å²) in [7, 11) is 0. The van der Waals surface area contributed by atoms with Crippen molar-refractivity contribution in [2.75, 3.05) is 0 Å². The van der Waals surface area contributed by atoms with E-state index in [1.54, 1.807) is 13.8 Å². The third-order valence-electron chi connectivity index (χ3n) is 2.58. The van der Waals surface area contributed by atoms with E-state index in [1.807, 2.05) is 6.92 Å². The smallest absolute Gasteiger partial charge is 0.326 e. The number of nitrogens with zero attached hydrogens (tertiary/aromatic N) is 1. The van der Waals surface area contributed by atoms with Crippen LogP contribution in [0.1, 0.15) is 36.7 Å². The molecule has 0 saturated heterocycles. The fraction of sp³-hybridized carbons (Fsp3) is 0.545. The molecule has 2 atom stereocenters. The lowest BCUT2D eigenvalue weighted by molar-refractivity contribution is -0.140. The van der Waals surface area contributed by atoms with Gasteiger partial charge >= 0.3 is 11.9 Å². The standard InChI is InChI=1S/C11H16N2O4/c1-4-6(2)8(11(15)16)13-9(14)10-12-5-7(3)17-10/h5-6,8H,4H2,1-3H3,(H,13,14)(H,15,16)/t6-,8-/m0/s1. The third kappa shape index (κ3) is 3.30. The molecule has 0 unspecified atom stereocenters. The van der Waals surface area contributed by atoms with Crippen molar-refractivity contribution in [3.05, 3.63) is 17.8 Å². The van der Waals surface area contributed by atoms with E-state index in [0.717, 1.165) is 0 Å². The molecule has 0 fully saturated rings. The topological polar surface area (TPSA) is 92.4 Å². The molecule has 0 bridgehead atoms. The van der Waals surface area contributed by atoms with Gasteiger partial charge in [0.05, 0.1) is 6.20 Å². The minimum Gasteiger partial charge on any atom is -0.480 e. The normalized spacial score (nSPS) is 14.1. The van der Waals surface area contributed by atoms with E-state index in [0.29, 0.717) is 12.2 Å². The maximum atomic E-state index is 11.7. The molecule has 2 N–H and O–H groups in total. The number of oxazole rings is 1. The summed E-state index contributed by atoms with van der Waals surface area (Å²) in [5.41, 5.74) is 0. The number of rotatable bonds is 5. The van der Waals surface area contributed by atoms with Gasteiger partial charge in [0.2, 0.25) is 0 Å². The monoisotopic (exact) mass is 240 g/mol. The molecule has 0 saturated carbocycles. The van der Waals surface area contributed by atoms with Gasteiger partial charge in [0.25, 0.3) is 5.89 Å². The predicted molar refractivity (Wildman–Crippen MR) is 59.6 cm³/mol. The molecule has 1 aromatic heterocycles. The average Bonchev–Trinajstić information content (AvgIpc) is 2.71. The molecule has 0 spiro atoms. The highest BCUT2D eigenvalue weighted by molar-refractivity contribution is 5.92. The van der Waals surface area contributed by atoms with Gasteiger partial charge in [-0.05, 0) is 12.8 Å². The van der Waals surface area contributed by atoms with Crippen LogP contribution in [0.4, 0.5) is 0 Å². The van der Waals surface area contributed by atoms with E-state index in [1.165, 1.54) is 6.20 Å². The molecule has 1 aromatic rings. The number of carboxylic acid groups (broad SMARTS) is 1. The molecule has 0 aliphatic carbocycles. The van der Waals surface area contributed by atoms with Gasteiger partial charge in [0.1, 0.15) is 11.8 Å². The van der Waals surface area contributed by atoms with E-state index < -0.39 is 17.9 Å². The van der Waals surface area contributed by atoms with Crippen molar-refractivity contribution in [3.63, 3.8) is 0 Å². The Kier molecular flexibility index (Phi) is 4.25. The molecule has 0 aliphatic rings. The molecule has 94 valence electrons. The number of carbonyl (C=O) groups excluding carboxylic acids is 1. The van der Waals surface area contributed by atoms with Crippen LogP contribution >= 0.6 is 0 Å². The SMILES string of the molecule is CC[C@H](C)[C@H](NC(=O)c1ncc(C)o1)C(=O)O. The van der Waals surface area contributed by atoms with Crippen molar-refractivity contribution in [3.8, 4) is 0 Å².